The Kier molecular flexibility index (Phi) is 4.89. The van der Waals surface area contributed by atoms with Gasteiger partial charge < -0.3 is 9.84 Å². The minimum atomic E-state index is -0.848. The molecule has 0 fully saturated rings. The van der Waals surface area contributed by atoms with E-state index in [1.807, 2.05) is 24.3 Å². The first-order valence-corrected chi connectivity index (χ1v) is 6.27. The van der Waals surface area contributed by atoms with Crippen molar-refractivity contribution in [2.45, 2.75) is 12.8 Å². The Hall–Kier alpha value is -2.62. The maximum Gasteiger partial charge on any atom is 0.309 e. The summed E-state index contributed by atoms with van der Waals surface area (Å²) in [6.07, 6.45) is 6.33. The molecular formula is C16H15NO3. The SMILES string of the molecule is C1=COc2ccccc2C1.O=C(O)Cc1ccccn1. The fourth-order valence-electron chi connectivity index (χ4n) is 1.74. The van der Waals surface area contributed by atoms with Gasteiger partial charge in [0.05, 0.1) is 18.4 Å². The lowest BCUT2D eigenvalue weighted by Crippen LogP contribution is -2.01. The number of allylic oxidation sites excluding steroid dienone is 1. The predicted octanol–water partition coefficient (Wildman–Crippen LogP) is 2.84. The number of carboxylic acids is 1. The summed E-state index contributed by atoms with van der Waals surface area (Å²) in [6.45, 7) is 0. The molecule has 4 nitrogen and oxygen atoms in total. The molecular weight excluding hydrogens is 254 g/mol. The number of fused-ring (bicyclic) bond motifs is 1. The van der Waals surface area contributed by atoms with Crippen molar-refractivity contribution in [1.82, 2.24) is 4.98 Å². The Morgan fingerprint density at radius 2 is 2.00 bits per heavy atom. The van der Waals surface area contributed by atoms with Crippen molar-refractivity contribution in [3.8, 4) is 5.75 Å². The first-order valence-electron chi connectivity index (χ1n) is 6.27. The average Bonchev–Trinajstić information content (AvgIpc) is 2.48. The first-order chi connectivity index (χ1) is 9.75. The van der Waals surface area contributed by atoms with E-state index in [1.54, 1.807) is 30.7 Å². The largest absolute Gasteiger partial charge is 0.481 e. The summed E-state index contributed by atoms with van der Waals surface area (Å²) >= 11 is 0. The van der Waals surface area contributed by atoms with Crippen LogP contribution < -0.4 is 4.74 Å². The molecule has 1 aromatic heterocycles. The molecule has 0 bridgehead atoms. The van der Waals surface area contributed by atoms with Crippen molar-refractivity contribution in [2.75, 3.05) is 0 Å². The minimum absolute atomic E-state index is 0.000833. The van der Waals surface area contributed by atoms with E-state index in [9.17, 15) is 4.79 Å². The fourth-order valence-corrected chi connectivity index (χ4v) is 1.74. The summed E-state index contributed by atoms with van der Waals surface area (Å²) in [5, 5.41) is 8.33. The molecule has 0 atom stereocenters. The number of rotatable bonds is 2. The number of pyridine rings is 1. The summed E-state index contributed by atoms with van der Waals surface area (Å²) in [6, 6.07) is 13.3. The third kappa shape index (κ3) is 4.24. The van der Waals surface area contributed by atoms with E-state index >= 15 is 0 Å². The number of carboxylic acid groups (broad SMARTS) is 1. The van der Waals surface area contributed by atoms with E-state index in [4.69, 9.17) is 9.84 Å². The van der Waals surface area contributed by atoms with Gasteiger partial charge in [-0.1, -0.05) is 24.3 Å². The Morgan fingerprint density at radius 1 is 1.20 bits per heavy atom. The number of nitrogens with zero attached hydrogens (tertiary/aromatic N) is 1. The lowest BCUT2D eigenvalue weighted by molar-refractivity contribution is -0.136. The van der Waals surface area contributed by atoms with Gasteiger partial charge in [0, 0.05) is 6.20 Å². The van der Waals surface area contributed by atoms with Crippen LogP contribution in [0.4, 0.5) is 0 Å². The van der Waals surface area contributed by atoms with Crippen molar-refractivity contribution < 1.29 is 14.6 Å². The molecule has 102 valence electrons. The Morgan fingerprint density at radius 3 is 2.70 bits per heavy atom. The monoisotopic (exact) mass is 269 g/mol. The quantitative estimate of drug-likeness (QED) is 0.910. The molecule has 0 spiro atoms. The molecule has 0 saturated heterocycles. The van der Waals surface area contributed by atoms with Crippen LogP contribution in [0.15, 0.2) is 61.0 Å². The normalized spacial score (nSPS) is 11.6. The molecule has 0 aliphatic carbocycles. The Balaban J connectivity index is 0.000000147. The number of aliphatic carboxylic acids is 1. The van der Waals surface area contributed by atoms with E-state index in [2.05, 4.69) is 11.1 Å². The van der Waals surface area contributed by atoms with Crippen LogP contribution in [0.1, 0.15) is 11.3 Å². The topological polar surface area (TPSA) is 59.4 Å². The molecule has 20 heavy (non-hydrogen) atoms. The van der Waals surface area contributed by atoms with Gasteiger partial charge in [0.25, 0.3) is 0 Å². The van der Waals surface area contributed by atoms with Crippen molar-refractivity contribution >= 4 is 5.97 Å². The van der Waals surface area contributed by atoms with E-state index in [-0.39, 0.29) is 6.42 Å². The number of carbonyl (C=O) groups is 1. The lowest BCUT2D eigenvalue weighted by Gasteiger charge is -2.09. The van der Waals surface area contributed by atoms with Crippen molar-refractivity contribution in [3.05, 3.63) is 72.3 Å². The van der Waals surface area contributed by atoms with Gasteiger partial charge in [-0.3, -0.25) is 9.78 Å². The van der Waals surface area contributed by atoms with Gasteiger partial charge in [-0.25, -0.2) is 0 Å². The zero-order chi connectivity index (χ0) is 14.2. The van der Waals surface area contributed by atoms with Crippen LogP contribution in [0.3, 0.4) is 0 Å². The molecule has 2 aromatic rings. The van der Waals surface area contributed by atoms with Gasteiger partial charge in [0.1, 0.15) is 5.75 Å². The van der Waals surface area contributed by atoms with Crippen molar-refractivity contribution in [3.63, 3.8) is 0 Å². The second kappa shape index (κ2) is 7.09. The molecule has 0 radical (unpaired) electrons. The van der Waals surface area contributed by atoms with Gasteiger partial charge in [-0.05, 0) is 36.3 Å². The number of benzene rings is 1. The molecule has 4 heteroatoms. The summed E-state index contributed by atoms with van der Waals surface area (Å²) in [5.41, 5.74) is 1.86. The molecule has 2 heterocycles. The maximum absolute atomic E-state index is 10.1. The third-order valence-corrected chi connectivity index (χ3v) is 2.66. The summed E-state index contributed by atoms with van der Waals surface area (Å²) in [5.74, 6) is 0.142. The Labute approximate surface area is 117 Å². The lowest BCUT2D eigenvalue weighted by atomic mass is 10.1. The smallest absolute Gasteiger partial charge is 0.309 e. The van der Waals surface area contributed by atoms with Crippen molar-refractivity contribution in [2.24, 2.45) is 0 Å². The van der Waals surface area contributed by atoms with Gasteiger partial charge in [0.2, 0.25) is 0 Å². The first kappa shape index (κ1) is 13.8. The highest BCUT2D eigenvalue weighted by Crippen LogP contribution is 2.21. The van der Waals surface area contributed by atoms with Crippen LogP contribution in [0.2, 0.25) is 0 Å². The average molecular weight is 269 g/mol. The standard InChI is InChI=1S/C9H8O.C7H7NO2/c1-2-6-9-8(4-1)5-3-7-10-9;9-7(10)5-6-3-1-2-4-8-6/h1-4,6-7H,5H2;1-4H,5H2,(H,9,10). The molecule has 1 aromatic carbocycles. The van der Waals surface area contributed by atoms with E-state index in [0.29, 0.717) is 5.69 Å². The fraction of sp³-hybridized carbons (Fsp3) is 0.125. The maximum atomic E-state index is 10.1. The van der Waals surface area contributed by atoms with Crippen LogP contribution in [-0.4, -0.2) is 16.1 Å². The van der Waals surface area contributed by atoms with Crippen LogP contribution >= 0.6 is 0 Å². The highest BCUT2D eigenvalue weighted by molar-refractivity contribution is 5.69. The summed E-state index contributed by atoms with van der Waals surface area (Å²) < 4.78 is 5.24. The van der Waals surface area contributed by atoms with Gasteiger partial charge in [0.15, 0.2) is 0 Å². The van der Waals surface area contributed by atoms with Gasteiger partial charge in [-0.2, -0.15) is 0 Å². The molecule has 3 rings (SSSR count). The van der Waals surface area contributed by atoms with Crippen LogP contribution in [0, 0.1) is 0 Å². The zero-order valence-corrected chi connectivity index (χ0v) is 10.9. The number of para-hydroxylation sites is 1. The Bertz CT molecular complexity index is 567. The van der Waals surface area contributed by atoms with E-state index < -0.39 is 5.97 Å². The summed E-state index contributed by atoms with van der Waals surface area (Å²) in [4.78, 5) is 14.0. The molecule has 0 amide bonds. The highest BCUT2D eigenvalue weighted by Gasteiger charge is 2.02. The number of ether oxygens (including phenoxy) is 1. The molecule has 1 N–H and O–H groups in total. The molecule has 1 aliphatic rings. The van der Waals surface area contributed by atoms with Crippen LogP contribution in [0.25, 0.3) is 0 Å². The number of hydrogen-bond donors (Lipinski definition) is 1. The van der Waals surface area contributed by atoms with Crippen LogP contribution in [0.5, 0.6) is 5.75 Å². The molecule has 0 unspecified atom stereocenters. The number of aromatic nitrogens is 1. The summed E-state index contributed by atoms with van der Waals surface area (Å²) in [7, 11) is 0. The predicted molar refractivity (Wildman–Crippen MR) is 75.5 cm³/mol. The minimum Gasteiger partial charge on any atom is -0.481 e. The third-order valence-electron chi connectivity index (χ3n) is 2.66. The molecule has 1 aliphatic heterocycles. The number of hydrogen-bond acceptors (Lipinski definition) is 3. The molecule has 0 saturated carbocycles. The van der Waals surface area contributed by atoms with Gasteiger partial charge >= 0.3 is 5.97 Å². The van der Waals surface area contributed by atoms with Crippen LogP contribution in [-0.2, 0) is 17.6 Å². The highest BCUT2D eigenvalue weighted by atomic mass is 16.5. The second-order valence-electron chi connectivity index (χ2n) is 4.19. The van der Waals surface area contributed by atoms with E-state index in [0.717, 1.165) is 12.2 Å². The van der Waals surface area contributed by atoms with E-state index in [1.165, 1.54) is 5.56 Å². The van der Waals surface area contributed by atoms with Gasteiger partial charge in [-0.15, -0.1) is 0 Å². The second-order valence-corrected chi connectivity index (χ2v) is 4.19. The zero-order valence-electron chi connectivity index (χ0n) is 10.9. The van der Waals surface area contributed by atoms with Crippen molar-refractivity contribution in [1.29, 1.82) is 0 Å².